The Morgan fingerprint density at radius 2 is 1.84 bits per heavy atom. The number of aromatic amines is 1. The van der Waals surface area contributed by atoms with Crippen LogP contribution in [0.5, 0.6) is 5.75 Å². The number of hydrogen-bond donors (Lipinski definition) is 1. The molecule has 3 aliphatic rings. The van der Waals surface area contributed by atoms with Gasteiger partial charge < -0.3 is 24.3 Å². The van der Waals surface area contributed by atoms with Crippen LogP contribution in [0.25, 0.3) is 21.9 Å². The Labute approximate surface area is 264 Å². The molecule has 3 atom stereocenters. The third-order valence-corrected chi connectivity index (χ3v) is 10.0. The number of likely N-dealkylation sites (tertiary alicyclic amines) is 1. The highest BCUT2D eigenvalue weighted by Crippen LogP contribution is 2.43. The number of amides is 2. The van der Waals surface area contributed by atoms with Gasteiger partial charge in [-0.1, -0.05) is 36.4 Å². The number of fused-ring (bicyclic) bond motifs is 5. The summed E-state index contributed by atoms with van der Waals surface area (Å²) in [5, 5.41) is 1.10. The molecule has 2 fully saturated rings. The number of hydrogen-bond acceptors (Lipinski definition) is 8. The molecule has 2 aromatic heterocycles. The zero-order valence-electron chi connectivity index (χ0n) is 25.0. The van der Waals surface area contributed by atoms with Gasteiger partial charge in [0.05, 0.1) is 24.4 Å². The van der Waals surface area contributed by atoms with Gasteiger partial charge in [0.1, 0.15) is 36.0 Å². The molecular weight excluding hydrogens is 588 g/mol. The van der Waals surface area contributed by atoms with Gasteiger partial charge in [-0.15, -0.1) is 0 Å². The van der Waals surface area contributed by atoms with Gasteiger partial charge >= 0.3 is 0 Å². The van der Waals surface area contributed by atoms with Crippen LogP contribution in [0.3, 0.4) is 0 Å². The molecule has 45 heavy (non-hydrogen) atoms. The Balaban J connectivity index is 1.04. The van der Waals surface area contributed by atoms with Gasteiger partial charge in [-0.3, -0.25) is 14.5 Å². The first-order valence-corrected chi connectivity index (χ1v) is 16.2. The van der Waals surface area contributed by atoms with Crippen LogP contribution in [0, 0.1) is 0 Å². The van der Waals surface area contributed by atoms with Gasteiger partial charge in [0, 0.05) is 55.8 Å². The summed E-state index contributed by atoms with van der Waals surface area (Å²) in [5.41, 5.74) is 6.86. The number of nitrogens with one attached hydrogen (secondary N) is 1. The van der Waals surface area contributed by atoms with E-state index in [4.69, 9.17) is 9.47 Å². The van der Waals surface area contributed by atoms with Crippen molar-refractivity contribution in [1.82, 2.24) is 28.4 Å². The summed E-state index contributed by atoms with van der Waals surface area (Å²) >= 11 is 1.18. The lowest BCUT2D eigenvalue weighted by Crippen LogP contribution is -2.65. The van der Waals surface area contributed by atoms with Crippen molar-refractivity contribution in [2.75, 3.05) is 40.0 Å². The molecule has 0 bridgehead atoms. The molecule has 2 saturated heterocycles. The summed E-state index contributed by atoms with van der Waals surface area (Å²) in [7, 11) is 1.66. The van der Waals surface area contributed by atoms with Crippen LogP contribution in [0.1, 0.15) is 34.8 Å². The molecular formula is C34H34N6O4S. The molecule has 0 unspecified atom stereocenters. The maximum absolute atomic E-state index is 14.4. The number of rotatable bonds is 8. The van der Waals surface area contributed by atoms with E-state index in [-0.39, 0.29) is 24.4 Å². The predicted octanol–water partition coefficient (Wildman–Crippen LogP) is 4.16. The smallest absolute Gasteiger partial charge is 0.246 e. The first-order chi connectivity index (χ1) is 22.1. The standard InChI is InChI=1S/C34H34N6O4S/c1-43-14-15-44-24-9-6-21(7-10-24)18-38-13-12-23(19-38)39-20-31(41)40-30(34(39)42)17-26-25-4-2-3-5-27(25)35-32(26)33(40)22-8-11-28-29(16-22)37-45-36-28/h2-11,16,23,30,33,35H,12-15,17-20H2,1H3/t23-,30+,33+/m0/s1. The number of carbonyl (C=O) groups excluding carboxylic acids is 2. The zero-order valence-corrected chi connectivity index (χ0v) is 25.8. The van der Waals surface area contributed by atoms with Crippen LogP contribution in [0.4, 0.5) is 0 Å². The highest BCUT2D eigenvalue weighted by molar-refractivity contribution is 7.00. The number of para-hydroxylation sites is 1. The Bertz CT molecular complexity index is 1890. The predicted molar refractivity (Wildman–Crippen MR) is 171 cm³/mol. The summed E-state index contributed by atoms with van der Waals surface area (Å²) < 4.78 is 19.6. The number of carbonyl (C=O) groups is 2. The topological polar surface area (TPSA) is 104 Å². The number of ether oxygens (including phenoxy) is 2. The second kappa shape index (κ2) is 11.6. The van der Waals surface area contributed by atoms with Gasteiger partial charge in [0.15, 0.2) is 0 Å². The van der Waals surface area contributed by atoms with Crippen LogP contribution in [-0.4, -0.2) is 92.3 Å². The normalized spacial score (nSPS) is 21.9. The lowest BCUT2D eigenvalue weighted by molar-refractivity contribution is -0.160. The summed E-state index contributed by atoms with van der Waals surface area (Å²) in [6.45, 7) is 3.57. The average Bonchev–Trinajstić information content (AvgIpc) is 3.81. The Morgan fingerprint density at radius 1 is 1.00 bits per heavy atom. The Hall–Kier alpha value is -4.32. The molecule has 230 valence electrons. The van der Waals surface area contributed by atoms with E-state index >= 15 is 0 Å². The lowest BCUT2D eigenvalue weighted by atomic mass is 9.85. The highest BCUT2D eigenvalue weighted by Gasteiger charge is 2.50. The summed E-state index contributed by atoms with van der Waals surface area (Å²) in [4.78, 5) is 38.2. The number of aromatic nitrogens is 3. The first kappa shape index (κ1) is 28.2. The molecule has 8 rings (SSSR count). The molecule has 0 spiro atoms. The number of benzene rings is 3. The van der Waals surface area contributed by atoms with E-state index in [1.165, 1.54) is 17.3 Å². The molecule has 2 amide bonds. The molecule has 0 aliphatic carbocycles. The summed E-state index contributed by atoms with van der Waals surface area (Å²) in [5.74, 6) is 0.841. The molecule has 0 saturated carbocycles. The van der Waals surface area contributed by atoms with Crippen LogP contribution in [0.15, 0.2) is 66.7 Å². The molecule has 1 N–H and O–H groups in total. The third kappa shape index (κ3) is 5.04. The quantitative estimate of drug-likeness (QED) is 0.259. The number of nitrogens with zero attached hydrogens (tertiary/aromatic N) is 5. The molecule has 5 aromatic rings. The first-order valence-electron chi connectivity index (χ1n) is 15.4. The van der Waals surface area contributed by atoms with Gasteiger partial charge in [0.25, 0.3) is 0 Å². The second-order valence-corrected chi connectivity index (χ2v) is 12.7. The van der Waals surface area contributed by atoms with Crippen molar-refractivity contribution in [3.63, 3.8) is 0 Å². The van der Waals surface area contributed by atoms with Crippen molar-refractivity contribution in [2.24, 2.45) is 0 Å². The Kier molecular flexibility index (Phi) is 7.23. The molecule has 5 heterocycles. The fourth-order valence-electron chi connectivity index (χ4n) is 7.31. The van der Waals surface area contributed by atoms with E-state index in [1.54, 1.807) is 7.11 Å². The summed E-state index contributed by atoms with van der Waals surface area (Å²) in [6.07, 6.45) is 1.34. The fraction of sp³-hybridized carbons (Fsp3) is 0.353. The van der Waals surface area contributed by atoms with E-state index in [0.717, 1.165) is 70.6 Å². The maximum atomic E-state index is 14.4. The van der Waals surface area contributed by atoms with Gasteiger partial charge in [-0.05, 0) is 53.4 Å². The summed E-state index contributed by atoms with van der Waals surface area (Å²) in [6, 6.07) is 21.4. The fourth-order valence-corrected chi connectivity index (χ4v) is 7.83. The molecule has 3 aliphatic heterocycles. The molecule has 0 radical (unpaired) electrons. The van der Waals surface area contributed by atoms with Crippen LogP contribution in [0.2, 0.25) is 0 Å². The Morgan fingerprint density at radius 3 is 2.71 bits per heavy atom. The number of piperazine rings is 1. The van der Waals surface area contributed by atoms with Crippen molar-refractivity contribution in [3.05, 3.63) is 89.1 Å². The van der Waals surface area contributed by atoms with Crippen molar-refractivity contribution in [1.29, 1.82) is 0 Å². The highest BCUT2D eigenvalue weighted by atomic mass is 32.1. The van der Waals surface area contributed by atoms with Gasteiger partial charge in [0.2, 0.25) is 11.8 Å². The van der Waals surface area contributed by atoms with Crippen molar-refractivity contribution >= 4 is 45.5 Å². The monoisotopic (exact) mass is 622 g/mol. The third-order valence-electron chi connectivity index (χ3n) is 9.46. The number of H-pyrrole nitrogens is 1. The van der Waals surface area contributed by atoms with E-state index in [9.17, 15) is 9.59 Å². The van der Waals surface area contributed by atoms with Crippen molar-refractivity contribution < 1.29 is 19.1 Å². The second-order valence-electron chi connectivity index (χ2n) is 12.1. The minimum Gasteiger partial charge on any atom is -0.491 e. The number of methoxy groups -OCH3 is 1. The minimum atomic E-state index is -0.563. The van der Waals surface area contributed by atoms with Gasteiger partial charge in [-0.25, -0.2) is 0 Å². The van der Waals surface area contributed by atoms with Crippen molar-refractivity contribution in [2.45, 2.75) is 37.5 Å². The average molecular weight is 623 g/mol. The largest absolute Gasteiger partial charge is 0.491 e. The van der Waals surface area contributed by atoms with E-state index < -0.39 is 12.1 Å². The van der Waals surface area contributed by atoms with E-state index in [1.807, 2.05) is 52.3 Å². The van der Waals surface area contributed by atoms with Crippen LogP contribution < -0.4 is 4.74 Å². The van der Waals surface area contributed by atoms with Crippen molar-refractivity contribution in [3.8, 4) is 5.75 Å². The van der Waals surface area contributed by atoms with E-state index in [0.29, 0.717) is 19.6 Å². The maximum Gasteiger partial charge on any atom is 0.246 e. The molecule has 3 aromatic carbocycles. The van der Waals surface area contributed by atoms with Crippen LogP contribution >= 0.6 is 11.7 Å². The SMILES string of the molecule is COCCOc1ccc(CN2CC[C@H](N3CC(=O)N4[C@H](c5ccc6nsnc6c5)c5[nH]c6ccccc6c5C[C@@H]4C3=O)C2)cc1. The van der Waals surface area contributed by atoms with Gasteiger partial charge in [-0.2, -0.15) is 8.75 Å². The van der Waals surface area contributed by atoms with E-state index in [2.05, 4.69) is 42.9 Å². The van der Waals surface area contributed by atoms with Crippen LogP contribution in [-0.2, 0) is 27.3 Å². The molecule has 11 heteroatoms. The lowest BCUT2D eigenvalue weighted by Gasteiger charge is -2.48. The zero-order chi connectivity index (χ0) is 30.5. The molecule has 10 nitrogen and oxygen atoms in total. The minimum absolute atomic E-state index is 0.000460.